The highest BCUT2D eigenvalue weighted by Gasteiger charge is 2.13. The Morgan fingerprint density at radius 1 is 1.30 bits per heavy atom. The van der Waals surface area contributed by atoms with Gasteiger partial charge in [0.05, 0.1) is 5.56 Å². The maximum Gasteiger partial charge on any atom is 0.340 e. The Morgan fingerprint density at radius 2 is 2.05 bits per heavy atom. The summed E-state index contributed by atoms with van der Waals surface area (Å²) >= 11 is 3.24. The number of carbonyl (C=O) groups is 1. The van der Waals surface area contributed by atoms with Crippen LogP contribution in [0.4, 0.5) is 10.1 Å². The molecule has 0 saturated carbocycles. The van der Waals surface area contributed by atoms with Gasteiger partial charge < -0.3 is 10.5 Å². The molecule has 3 nitrogen and oxygen atoms in total. The Bertz CT molecular complexity index is 658. The minimum absolute atomic E-state index is 0.141. The molecule has 0 amide bonds. The fourth-order valence-electron chi connectivity index (χ4n) is 1.72. The second-order valence-electron chi connectivity index (χ2n) is 4.40. The van der Waals surface area contributed by atoms with Gasteiger partial charge in [0.2, 0.25) is 0 Å². The summed E-state index contributed by atoms with van der Waals surface area (Å²) in [6, 6.07) is 9.57. The van der Waals surface area contributed by atoms with E-state index in [1.807, 2.05) is 6.92 Å². The normalized spacial score (nSPS) is 10.3. The summed E-state index contributed by atoms with van der Waals surface area (Å²) in [4.78, 5) is 12.0. The van der Waals surface area contributed by atoms with Crippen molar-refractivity contribution < 1.29 is 13.9 Å². The molecular weight excluding hydrogens is 325 g/mol. The molecule has 5 heteroatoms. The van der Waals surface area contributed by atoms with Gasteiger partial charge in [0, 0.05) is 15.7 Å². The molecule has 0 aliphatic rings. The molecule has 104 valence electrons. The second-order valence-corrected chi connectivity index (χ2v) is 5.32. The zero-order valence-electron chi connectivity index (χ0n) is 10.8. The lowest BCUT2D eigenvalue weighted by Crippen LogP contribution is -2.09. The molecule has 20 heavy (non-hydrogen) atoms. The fraction of sp³-hybridized carbons (Fsp3) is 0.133. The van der Waals surface area contributed by atoms with E-state index in [1.165, 1.54) is 6.07 Å². The Labute approximate surface area is 124 Å². The van der Waals surface area contributed by atoms with Crippen molar-refractivity contribution in [1.82, 2.24) is 0 Å². The van der Waals surface area contributed by atoms with Crippen molar-refractivity contribution in [3.63, 3.8) is 0 Å². The van der Waals surface area contributed by atoms with Gasteiger partial charge in [-0.15, -0.1) is 0 Å². The summed E-state index contributed by atoms with van der Waals surface area (Å²) in [5.74, 6) is -0.983. The molecule has 0 atom stereocenters. The molecule has 0 heterocycles. The summed E-state index contributed by atoms with van der Waals surface area (Å²) in [6.45, 7) is 1.71. The van der Waals surface area contributed by atoms with E-state index in [2.05, 4.69) is 15.9 Å². The van der Waals surface area contributed by atoms with E-state index < -0.39 is 11.8 Å². The van der Waals surface area contributed by atoms with Gasteiger partial charge in [-0.1, -0.05) is 27.6 Å². The van der Waals surface area contributed by atoms with Crippen LogP contribution in [0, 0.1) is 12.7 Å². The number of rotatable bonds is 3. The zero-order valence-corrected chi connectivity index (χ0v) is 12.4. The minimum Gasteiger partial charge on any atom is -0.457 e. The van der Waals surface area contributed by atoms with Crippen LogP contribution in [0.5, 0.6) is 0 Å². The van der Waals surface area contributed by atoms with Crippen molar-refractivity contribution >= 4 is 27.6 Å². The average molecular weight is 338 g/mol. The molecule has 0 bridgehead atoms. The third-order valence-electron chi connectivity index (χ3n) is 2.80. The van der Waals surface area contributed by atoms with Crippen LogP contribution in [0.2, 0.25) is 0 Å². The molecule has 0 aromatic heterocycles. The molecule has 2 N–H and O–H groups in total. The highest BCUT2D eigenvalue weighted by atomic mass is 79.9. The van der Waals surface area contributed by atoms with E-state index in [0.29, 0.717) is 16.8 Å². The SMILES string of the molecule is Cc1ccc(N)c(C(=O)OCc2cc(Br)ccc2F)c1. The van der Waals surface area contributed by atoms with Gasteiger partial charge in [-0.25, -0.2) is 9.18 Å². The molecule has 2 aromatic carbocycles. The van der Waals surface area contributed by atoms with E-state index in [-0.39, 0.29) is 6.61 Å². The smallest absolute Gasteiger partial charge is 0.340 e. The Balaban J connectivity index is 2.12. The molecule has 0 unspecified atom stereocenters. The van der Waals surface area contributed by atoms with Crippen LogP contribution in [-0.4, -0.2) is 5.97 Å². The number of ether oxygens (including phenoxy) is 1. The first kappa shape index (κ1) is 14.5. The van der Waals surface area contributed by atoms with Gasteiger partial charge in [0.1, 0.15) is 12.4 Å². The number of hydrogen-bond acceptors (Lipinski definition) is 3. The lowest BCUT2D eigenvalue weighted by Gasteiger charge is -2.09. The fourth-order valence-corrected chi connectivity index (χ4v) is 2.13. The first-order valence-electron chi connectivity index (χ1n) is 5.94. The summed E-state index contributed by atoms with van der Waals surface area (Å²) in [7, 11) is 0. The molecule has 0 aliphatic carbocycles. The third-order valence-corrected chi connectivity index (χ3v) is 3.29. The zero-order chi connectivity index (χ0) is 14.7. The maximum absolute atomic E-state index is 13.5. The first-order chi connectivity index (χ1) is 9.47. The largest absolute Gasteiger partial charge is 0.457 e. The summed E-state index contributed by atoms with van der Waals surface area (Å²) in [5, 5.41) is 0. The Morgan fingerprint density at radius 3 is 2.80 bits per heavy atom. The van der Waals surface area contributed by atoms with Crippen LogP contribution in [-0.2, 0) is 11.3 Å². The van der Waals surface area contributed by atoms with Crippen LogP contribution in [0.15, 0.2) is 40.9 Å². The Kier molecular flexibility index (Phi) is 4.39. The molecule has 0 aliphatic heterocycles. The van der Waals surface area contributed by atoms with Crippen molar-refractivity contribution in [3.8, 4) is 0 Å². The van der Waals surface area contributed by atoms with Crippen LogP contribution in [0.3, 0.4) is 0 Å². The highest BCUT2D eigenvalue weighted by Crippen LogP contribution is 2.19. The lowest BCUT2D eigenvalue weighted by molar-refractivity contribution is 0.0470. The number of nitrogens with two attached hydrogens (primary N) is 1. The number of halogens is 2. The molecule has 0 radical (unpaired) electrons. The Hall–Kier alpha value is -1.88. The van der Waals surface area contributed by atoms with Crippen molar-refractivity contribution in [3.05, 3.63) is 63.4 Å². The van der Waals surface area contributed by atoms with E-state index in [0.717, 1.165) is 10.0 Å². The number of benzene rings is 2. The monoisotopic (exact) mass is 337 g/mol. The molecule has 0 spiro atoms. The summed E-state index contributed by atoms with van der Waals surface area (Å²) < 4.78 is 19.4. The van der Waals surface area contributed by atoms with Crippen molar-refractivity contribution in [2.45, 2.75) is 13.5 Å². The van der Waals surface area contributed by atoms with Gasteiger partial charge in [0.15, 0.2) is 0 Å². The van der Waals surface area contributed by atoms with Crippen molar-refractivity contribution in [1.29, 1.82) is 0 Å². The van der Waals surface area contributed by atoms with Crippen LogP contribution >= 0.6 is 15.9 Å². The molecule has 2 rings (SSSR count). The van der Waals surface area contributed by atoms with Gasteiger partial charge in [-0.3, -0.25) is 0 Å². The van der Waals surface area contributed by atoms with Crippen molar-refractivity contribution in [2.75, 3.05) is 5.73 Å². The quantitative estimate of drug-likeness (QED) is 0.683. The average Bonchev–Trinajstić information content (AvgIpc) is 2.42. The van der Waals surface area contributed by atoms with E-state index in [4.69, 9.17) is 10.5 Å². The van der Waals surface area contributed by atoms with Crippen LogP contribution in [0.1, 0.15) is 21.5 Å². The molecular formula is C15H13BrFNO2. The second kappa shape index (κ2) is 6.05. The lowest BCUT2D eigenvalue weighted by atomic mass is 10.1. The topological polar surface area (TPSA) is 52.3 Å². The van der Waals surface area contributed by atoms with Gasteiger partial charge in [0.25, 0.3) is 0 Å². The number of carbonyl (C=O) groups excluding carboxylic acids is 1. The molecule has 0 fully saturated rings. The number of hydrogen-bond donors (Lipinski definition) is 1. The first-order valence-corrected chi connectivity index (χ1v) is 6.74. The van der Waals surface area contributed by atoms with E-state index in [1.54, 1.807) is 30.3 Å². The maximum atomic E-state index is 13.5. The van der Waals surface area contributed by atoms with Crippen LogP contribution in [0.25, 0.3) is 0 Å². The third kappa shape index (κ3) is 3.36. The van der Waals surface area contributed by atoms with Gasteiger partial charge in [-0.2, -0.15) is 0 Å². The summed E-state index contributed by atoms with van der Waals surface area (Å²) in [6.07, 6.45) is 0. The van der Waals surface area contributed by atoms with Gasteiger partial charge in [-0.05, 0) is 37.3 Å². The predicted molar refractivity (Wildman–Crippen MR) is 78.8 cm³/mol. The summed E-state index contributed by atoms with van der Waals surface area (Å²) in [5.41, 5.74) is 7.57. The molecule has 0 saturated heterocycles. The van der Waals surface area contributed by atoms with Gasteiger partial charge >= 0.3 is 5.97 Å². The van der Waals surface area contributed by atoms with Crippen molar-refractivity contribution in [2.24, 2.45) is 0 Å². The number of esters is 1. The standard InChI is InChI=1S/C15H13BrFNO2/c1-9-2-5-14(18)12(6-9)15(19)20-8-10-7-11(16)3-4-13(10)17/h2-7H,8,18H2,1H3. The number of aryl methyl sites for hydroxylation is 1. The minimum atomic E-state index is -0.564. The predicted octanol–water partition coefficient (Wildman–Crippen LogP) is 3.84. The molecule has 2 aromatic rings. The van der Waals surface area contributed by atoms with E-state index in [9.17, 15) is 9.18 Å². The van der Waals surface area contributed by atoms with E-state index >= 15 is 0 Å². The number of anilines is 1. The highest BCUT2D eigenvalue weighted by molar-refractivity contribution is 9.10. The number of nitrogen functional groups attached to an aromatic ring is 1. The van der Waals surface area contributed by atoms with Crippen LogP contribution < -0.4 is 5.73 Å².